The van der Waals surface area contributed by atoms with Gasteiger partial charge in [-0.1, -0.05) is 0 Å². The van der Waals surface area contributed by atoms with Crippen molar-refractivity contribution in [3.63, 3.8) is 0 Å². The molecule has 3 atom stereocenters. The van der Waals surface area contributed by atoms with Crippen molar-refractivity contribution in [3.8, 4) is 5.75 Å². The van der Waals surface area contributed by atoms with Crippen LogP contribution in [-0.4, -0.2) is 24.1 Å². The van der Waals surface area contributed by atoms with Crippen LogP contribution in [0.25, 0.3) is 0 Å². The van der Waals surface area contributed by atoms with Crippen molar-refractivity contribution < 1.29 is 19.2 Å². The van der Waals surface area contributed by atoms with Gasteiger partial charge >= 0.3 is 5.97 Å². The molecule has 0 amide bonds. The van der Waals surface area contributed by atoms with Gasteiger partial charge in [0.2, 0.25) is 0 Å². The van der Waals surface area contributed by atoms with Gasteiger partial charge in [-0.2, -0.15) is 0 Å². The Morgan fingerprint density at radius 2 is 2.14 bits per heavy atom. The number of hydrogen-bond donors (Lipinski definition) is 0. The molecule has 21 heavy (non-hydrogen) atoms. The Morgan fingerprint density at radius 1 is 1.33 bits per heavy atom. The van der Waals surface area contributed by atoms with Crippen molar-refractivity contribution in [2.45, 2.75) is 31.8 Å². The summed E-state index contributed by atoms with van der Waals surface area (Å²) in [6, 6.07) is 3.96. The number of ether oxygens (including phenoxy) is 2. The van der Waals surface area contributed by atoms with Gasteiger partial charge in [-0.05, 0) is 43.6 Å². The Labute approximate surface area is 122 Å². The summed E-state index contributed by atoms with van der Waals surface area (Å²) in [6.07, 6.45) is 4.31. The van der Waals surface area contributed by atoms with E-state index in [1.54, 1.807) is 0 Å². The molecule has 0 saturated heterocycles. The second-order valence-corrected chi connectivity index (χ2v) is 5.76. The molecule has 6 heteroatoms. The van der Waals surface area contributed by atoms with Crippen LogP contribution in [0.2, 0.25) is 0 Å². The van der Waals surface area contributed by atoms with Crippen LogP contribution in [0.1, 0.15) is 36.0 Å². The van der Waals surface area contributed by atoms with Crippen molar-refractivity contribution in [1.29, 1.82) is 0 Å². The smallest absolute Gasteiger partial charge is 0.342 e. The lowest BCUT2D eigenvalue weighted by molar-refractivity contribution is -0.384. The summed E-state index contributed by atoms with van der Waals surface area (Å²) in [6.45, 7) is 0. The van der Waals surface area contributed by atoms with E-state index in [0.717, 1.165) is 19.3 Å². The van der Waals surface area contributed by atoms with E-state index in [4.69, 9.17) is 9.47 Å². The third-order valence-corrected chi connectivity index (χ3v) is 4.55. The number of nitro benzene ring substituents is 1. The van der Waals surface area contributed by atoms with Crippen LogP contribution < -0.4 is 4.74 Å². The maximum absolute atomic E-state index is 12.3. The van der Waals surface area contributed by atoms with E-state index in [0.29, 0.717) is 17.6 Å². The van der Waals surface area contributed by atoms with E-state index in [1.165, 1.54) is 31.7 Å². The molecule has 0 spiro atoms. The summed E-state index contributed by atoms with van der Waals surface area (Å²) in [4.78, 5) is 22.6. The Kier molecular flexibility index (Phi) is 3.53. The molecule has 2 aliphatic carbocycles. The minimum absolute atomic E-state index is 0.0554. The van der Waals surface area contributed by atoms with Crippen molar-refractivity contribution in [1.82, 2.24) is 0 Å². The lowest BCUT2D eigenvalue weighted by Gasteiger charge is -2.22. The average Bonchev–Trinajstić information content (AvgIpc) is 3.08. The number of hydrogen-bond acceptors (Lipinski definition) is 5. The second kappa shape index (κ2) is 5.35. The topological polar surface area (TPSA) is 78.7 Å². The zero-order chi connectivity index (χ0) is 15.0. The first kappa shape index (κ1) is 13.9. The number of nitro groups is 1. The fourth-order valence-electron chi connectivity index (χ4n) is 3.50. The highest BCUT2D eigenvalue weighted by molar-refractivity contribution is 5.93. The van der Waals surface area contributed by atoms with Crippen LogP contribution in [0.15, 0.2) is 18.2 Å². The fourth-order valence-corrected chi connectivity index (χ4v) is 3.50. The minimum Gasteiger partial charge on any atom is -0.496 e. The monoisotopic (exact) mass is 291 g/mol. The molecular weight excluding hydrogens is 274 g/mol. The van der Waals surface area contributed by atoms with Crippen LogP contribution in [0.4, 0.5) is 5.69 Å². The number of rotatable bonds is 4. The maximum atomic E-state index is 12.3. The molecule has 2 saturated carbocycles. The molecule has 112 valence electrons. The summed E-state index contributed by atoms with van der Waals surface area (Å²) >= 11 is 0. The zero-order valence-electron chi connectivity index (χ0n) is 11.8. The van der Waals surface area contributed by atoms with Gasteiger partial charge in [-0.15, -0.1) is 0 Å². The van der Waals surface area contributed by atoms with Gasteiger partial charge in [0.15, 0.2) is 0 Å². The third-order valence-electron chi connectivity index (χ3n) is 4.55. The highest BCUT2D eigenvalue weighted by Gasteiger charge is 2.42. The first-order valence-corrected chi connectivity index (χ1v) is 7.12. The lowest BCUT2D eigenvalue weighted by atomic mass is 9.97. The standard InChI is InChI=1S/C15H17NO5/c1-20-13-5-4-11(16(18)19)8-12(13)15(17)21-14-7-9-2-3-10(14)6-9/h4-5,8-10,14H,2-3,6-7H2,1H3. The number of benzene rings is 1. The maximum Gasteiger partial charge on any atom is 0.342 e. The minimum atomic E-state index is -0.534. The largest absolute Gasteiger partial charge is 0.496 e. The SMILES string of the molecule is COc1ccc([N+](=O)[O-])cc1C(=O)OC1CC2CCC1C2. The van der Waals surface area contributed by atoms with Crippen LogP contribution in [-0.2, 0) is 4.74 Å². The number of carbonyl (C=O) groups is 1. The van der Waals surface area contributed by atoms with Crippen LogP contribution in [0.5, 0.6) is 5.75 Å². The Balaban J connectivity index is 1.79. The van der Waals surface area contributed by atoms with Crippen LogP contribution >= 0.6 is 0 Å². The predicted molar refractivity (Wildman–Crippen MR) is 74.3 cm³/mol. The van der Waals surface area contributed by atoms with Gasteiger partial charge in [0.1, 0.15) is 17.4 Å². The fraction of sp³-hybridized carbons (Fsp3) is 0.533. The number of esters is 1. The third kappa shape index (κ3) is 2.57. The van der Waals surface area contributed by atoms with Crippen molar-refractivity contribution in [2.24, 2.45) is 11.8 Å². The number of fused-ring (bicyclic) bond motifs is 2. The molecule has 2 aliphatic rings. The molecule has 0 aliphatic heterocycles. The highest BCUT2D eigenvalue weighted by Crippen LogP contribution is 2.46. The van der Waals surface area contributed by atoms with Crippen molar-refractivity contribution >= 4 is 11.7 Å². The van der Waals surface area contributed by atoms with E-state index in [2.05, 4.69) is 0 Å². The van der Waals surface area contributed by atoms with Crippen molar-refractivity contribution in [2.75, 3.05) is 7.11 Å². The molecule has 2 fully saturated rings. The normalized spacial score (nSPS) is 26.6. The molecular formula is C15H17NO5. The summed E-state index contributed by atoms with van der Waals surface area (Å²) in [5.74, 6) is 0.880. The van der Waals surface area contributed by atoms with Gasteiger partial charge in [0, 0.05) is 12.1 Å². The molecule has 2 bridgehead atoms. The summed E-state index contributed by atoms with van der Waals surface area (Å²) < 4.78 is 10.7. The molecule has 0 N–H and O–H groups in total. The van der Waals surface area contributed by atoms with E-state index >= 15 is 0 Å². The first-order valence-electron chi connectivity index (χ1n) is 7.12. The first-order chi connectivity index (χ1) is 10.1. The average molecular weight is 291 g/mol. The lowest BCUT2D eigenvalue weighted by Crippen LogP contribution is -2.24. The Bertz CT molecular complexity index is 585. The van der Waals surface area contributed by atoms with E-state index in [-0.39, 0.29) is 17.4 Å². The number of carbonyl (C=O) groups excluding carboxylic acids is 1. The van der Waals surface area contributed by atoms with Crippen LogP contribution in [0, 0.1) is 22.0 Å². The predicted octanol–water partition coefficient (Wildman–Crippen LogP) is 2.95. The summed E-state index contributed by atoms with van der Waals surface area (Å²) in [7, 11) is 1.43. The van der Waals surface area contributed by atoms with Gasteiger partial charge in [-0.25, -0.2) is 4.79 Å². The summed E-state index contributed by atoms with van der Waals surface area (Å²) in [5, 5.41) is 10.8. The Hall–Kier alpha value is -2.11. The van der Waals surface area contributed by atoms with Crippen LogP contribution in [0.3, 0.4) is 0 Å². The van der Waals surface area contributed by atoms with Crippen molar-refractivity contribution in [3.05, 3.63) is 33.9 Å². The van der Waals surface area contributed by atoms with Gasteiger partial charge < -0.3 is 9.47 Å². The molecule has 0 aromatic heterocycles. The molecule has 0 heterocycles. The van der Waals surface area contributed by atoms with E-state index in [1.807, 2.05) is 0 Å². The molecule has 0 radical (unpaired) electrons. The highest BCUT2D eigenvalue weighted by atomic mass is 16.6. The van der Waals surface area contributed by atoms with E-state index in [9.17, 15) is 14.9 Å². The van der Waals surface area contributed by atoms with Gasteiger partial charge in [0.05, 0.1) is 12.0 Å². The molecule has 6 nitrogen and oxygen atoms in total. The quantitative estimate of drug-likeness (QED) is 0.484. The second-order valence-electron chi connectivity index (χ2n) is 5.76. The molecule has 1 aromatic carbocycles. The molecule has 3 rings (SSSR count). The van der Waals surface area contributed by atoms with E-state index < -0.39 is 10.9 Å². The summed E-state index contributed by atoms with van der Waals surface area (Å²) in [5.41, 5.74) is -0.0230. The molecule has 1 aromatic rings. The number of non-ortho nitro benzene ring substituents is 1. The molecule has 3 unspecified atom stereocenters. The van der Waals surface area contributed by atoms with Gasteiger partial charge in [-0.3, -0.25) is 10.1 Å². The Morgan fingerprint density at radius 3 is 2.71 bits per heavy atom. The zero-order valence-corrected chi connectivity index (χ0v) is 11.8. The number of nitrogens with zero attached hydrogens (tertiary/aromatic N) is 1. The number of methoxy groups -OCH3 is 1. The van der Waals surface area contributed by atoms with Gasteiger partial charge in [0.25, 0.3) is 5.69 Å².